The number of hydrogen-bond donors (Lipinski definition) is 2. The van der Waals surface area contributed by atoms with Crippen LogP contribution in [-0.2, 0) is 4.79 Å². The molecule has 1 aliphatic carbocycles. The number of amides is 3. The molecule has 1 unspecified atom stereocenters. The molecule has 2 aliphatic rings. The molecule has 0 aromatic heterocycles. The van der Waals surface area contributed by atoms with Gasteiger partial charge in [0.05, 0.1) is 11.5 Å². The first-order chi connectivity index (χ1) is 12.3. The molecular weight excluding hydrogens is 326 g/mol. The minimum Gasteiger partial charge on any atom is -0.336 e. The van der Waals surface area contributed by atoms with E-state index in [4.69, 9.17) is 0 Å². The quantitative estimate of drug-likeness (QED) is 0.809. The van der Waals surface area contributed by atoms with Gasteiger partial charge in [0.1, 0.15) is 0 Å². The van der Waals surface area contributed by atoms with Gasteiger partial charge in [0.2, 0.25) is 5.91 Å². The fourth-order valence-corrected chi connectivity index (χ4v) is 4.46. The third-order valence-electron chi connectivity index (χ3n) is 5.51. The molecule has 1 saturated carbocycles. The van der Waals surface area contributed by atoms with Crippen LogP contribution in [-0.4, -0.2) is 35.5 Å². The summed E-state index contributed by atoms with van der Waals surface area (Å²) in [5.74, 6) is 0.268. The van der Waals surface area contributed by atoms with E-state index in [1.165, 1.54) is 12.0 Å². The molecule has 1 aromatic carbocycles. The zero-order chi connectivity index (χ0) is 18.8. The molecule has 1 saturated heterocycles. The Morgan fingerprint density at radius 3 is 2.42 bits per heavy atom. The number of rotatable bonds is 4. The molecule has 5 heteroatoms. The summed E-state index contributed by atoms with van der Waals surface area (Å²) in [5, 5.41) is 5.76. The molecule has 26 heavy (non-hydrogen) atoms. The summed E-state index contributed by atoms with van der Waals surface area (Å²) in [6.07, 6.45) is 5.47. The van der Waals surface area contributed by atoms with E-state index in [2.05, 4.69) is 22.8 Å². The maximum Gasteiger partial charge on any atom is 0.315 e. The van der Waals surface area contributed by atoms with Crippen molar-refractivity contribution in [3.8, 4) is 0 Å². The van der Waals surface area contributed by atoms with Crippen LogP contribution in [0.1, 0.15) is 64.5 Å². The van der Waals surface area contributed by atoms with Crippen molar-refractivity contribution in [1.82, 2.24) is 15.5 Å². The largest absolute Gasteiger partial charge is 0.336 e. The molecule has 1 aliphatic heterocycles. The lowest BCUT2D eigenvalue weighted by Gasteiger charge is -2.58. The first-order valence-electron chi connectivity index (χ1n) is 9.75. The predicted octanol–water partition coefficient (Wildman–Crippen LogP) is 3.62. The molecule has 1 heterocycles. The monoisotopic (exact) mass is 357 g/mol. The Labute approximate surface area is 156 Å². The summed E-state index contributed by atoms with van der Waals surface area (Å²) in [5.41, 5.74) is 0.732. The second kappa shape index (κ2) is 7.29. The van der Waals surface area contributed by atoms with Gasteiger partial charge in [0.25, 0.3) is 0 Å². The van der Waals surface area contributed by atoms with Gasteiger partial charge in [0, 0.05) is 18.6 Å². The molecule has 5 nitrogen and oxygen atoms in total. The Morgan fingerprint density at radius 2 is 1.81 bits per heavy atom. The second-order valence-electron chi connectivity index (χ2n) is 8.66. The Bertz CT molecular complexity index is 645. The van der Waals surface area contributed by atoms with Crippen LogP contribution < -0.4 is 10.6 Å². The van der Waals surface area contributed by atoms with Crippen LogP contribution in [0.4, 0.5) is 4.79 Å². The summed E-state index contributed by atoms with van der Waals surface area (Å²) in [6.45, 7) is 6.86. The van der Waals surface area contributed by atoms with Crippen molar-refractivity contribution < 1.29 is 9.59 Å². The van der Waals surface area contributed by atoms with Crippen LogP contribution in [0.25, 0.3) is 0 Å². The van der Waals surface area contributed by atoms with Gasteiger partial charge < -0.3 is 15.5 Å². The van der Waals surface area contributed by atoms with Crippen LogP contribution in [0, 0.1) is 5.41 Å². The smallest absolute Gasteiger partial charge is 0.315 e. The SMILES string of the molecule is CC(C)(C)NC(=O)NCCN1C(=O)C2(CCCCC2)C1c1ccccc1. The number of benzene rings is 1. The number of nitrogens with one attached hydrogen (secondary N) is 2. The maximum atomic E-state index is 13.0. The van der Waals surface area contributed by atoms with Crippen LogP contribution in [0.3, 0.4) is 0 Å². The molecule has 1 spiro atoms. The molecule has 142 valence electrons. The zero-order valence-corrected chi connectivity index (χ0v) is 16.2. The number of carbonyl (C=O) groups is 2. The molecule has 3 rings (SSSR count). The highest BCUT2D eigenvalue weighted by Crippen LogP contribution is 2.57. The molecule has 2 fully saturated rings. The van der Waals surface area contributed by atoms with Crippen molar-refractivity contribution >= 4 is 11.9 Å². The van der Waals surface area contributed by atoms with Gasteiger partial charge in [-0.1, -0.05) is 49.6 Å². The fourth-order valence-electron chi connectivity index (χ4n) is 4.46. The lowest BCUT2D eigenvalue weighted by Crippen LogP contribution is -2.65. The Hall–Kier alpha value is -2.04. The van der Waals surface area contributed by atoms with Crippen molar-refractivity contribution in [2.24, 2.45) is 5.41 Å². The summed E-state index contributed by atoms with van der Waals surface area (Å²) >= 11 is 0. The first-order valence-corrected chi connectivity index (χ1v) is 9.75. The minimum absolute atomic E-state index is 0.143. The van der Waals surface area contributed by atoms with Crippen LogP contribution in [0.2, 0.25) is 0 Å². The highest BCUT2D eigenvalue weighted by Gasteiger charge is 2.60. The number of carbonyl (C=O) groups excluding carboxylic acids is 2. The molecule has 2 N–H and O–H groups in total. The standard InChI is InChI=1S/C21H31N3O2/c1-20(2,3)23-19(26)22-14-15-24-17(16-10-6-4-7-11-16)21(18(24)25)12-8-5-9-13-21/h4,6-7,10-11,17H,5,8-9,12-15H2,1-3H3,(H2,22,23,26). The van der Waals surface area contributed by atoms with Crippen LogP contribution >= 0.6 is 0 Å². The van der Waals surface area contributed by atoms with Crippen molar-refractivity contribution in [3.63, 3.8) is 0 Å². The molecule has 0 radical (unpaired) electrons. The van der Waals surface area contributed by atoms with Gasteiger partial charge in [-0.3, -0.25) is 4.79 Å². The molecule has 3 amide bonds. The van der Waals surface area contributed by atoms with Gasteiger partial charge in [-0.25, -0.2) is 4.79 Å². The van der Waals surface area contributed by atoms with Gasteiger partial charge in [-0.15, -0.1) is 0 Å². The molecule has 0 bridgehead atoms. The maximum absolute atomic E-state index is 13.0. The zero-order valence-electron chi connectivity index (χ0n) is 16.2. The van der Waals surface area contributed by atoms with E-state index in [-0.39, 0.29) is 28.9 Å². The Morgan fingerprint density at radius 1 is 1.15 bits per heavy atom. The summed E-state index contributed by atoms with van der Waals surface area (Å²) in [6, 6.07) is 10.3. The highest BCUT2D eigenvalue weighted by atomic mass is 16.2. The molecule has 1 atom stereocenters. The van der Waals surface area contributed by atoms with Crippen molar-refractivity contribution in [2.75, 3.05) is 13.1 Å². The Balaban J connectivity index is 1.66. The lowest BCUT2D eigenvalue weighted by atomic mass is 9.60. The number of urea groups is 1. The summed E-state index contributed by atoms with van der Waals surface area (Å²) in [7, 11) is 0. The van der Waals surface area contributed by atoms with E-state index in [0.717, 1.165) is 25.7 Å². The van der Waals surface area contributed by atoms with E-state index in [0.29, 0.717) is 13.1 Å². The normalized spacial score (nSPS) is 22.0. The van der Waals surface area contributed by atoms with Crippen LogP contribution in [0.15, 0.2) is 30.3 Å². The number of nitrogens with zero attached hydrogens (tertiary/aromatic N) is 1. The van der Waals surface area contributed by atoms with Crippen molar-refractivity contribution in [3.05, 3.63) is 35.9 Å². The van der Waals surface area contributed by atoms with Gasteiger partial charge in [-0.05, 0) is 39.2 Å². The first kappa shape index (κ1) is 18.7. The highest BCUT2D eigenvalue weighted by molar-refractivity contribution is 5.91. The summed E-state index contributed by atoms with van der Waals surface area (Å²) < 4.78 is 0. The fraction of sp³-hybridized carbons (Fsp3) is 0.619. The molecule has 1 aromatic rings. The molecular formula is C21H31N3O2. The predicted molar refractivity (Wildman–Crippen MR) is 103 cm³/mol. The van der Waals surface area contributed by atoms with E-state index < -0.39 is 0 Å². The van der Waals surface area contributed by atoms with E-state index >= 15 is 0 Å². The number of β-lactam (4-membered cyclic amide) rings is 1. The van der Waals surface area contributed by atoms with Gasteiger partial charge in [0.15, 0.2) is 0 Å². The second-order valence-corrected chi connectivity index (χ2v) is 8.66. The number of hydrogen-bond acceptors (Lipinski definition) is 2. The van der Waals surface area contributed by atoms with E-state index in [1.54, 1.807) is 0 Å². The van der Waals surface area contributed by atoms with E-state index in [9.17, 15) is 9.59 Å². The third-order valence-corrected chi connectivity index (χ3v) is 5.51. The average molecular weight is 357 g/mol. The van der Waals surface area contributed by atoms with E-state index in [1.807, 2.05) is 43.9 Å². The topological polar surface area (TPSA) is 61.4 Å². The van der Waals surface area contributed by atoms with Crippen molar-refractivity contribution in [2.45, 2.75) is 64.5 Å². The minimum atomic E-state index is -0.268. The third kappa shape index (κ3) is 3.71. The number of likely N-dealkylation sites (tertiary alicyclic amines) is 1. The lowest BCUT2D eigenvalue weighted by molar-refractivity contribution is -0.178. The Kier molecular flexibility index (Phi) is 5.26. The van der Waals surface area contributed by atoms with Gasteiger partial charge >= 0.3 is 6.03 Å². The average Bonchev–Trinajstić information content (AvgIpc) is 2.60. The van der Waals surface area contributed by atoms with Gasteiger partial charge in [-0.2, -0.15) is 0 Å². The summed E-state index contributed by atoms with van der Waals surface area (Å²) in [4.78, 5) is 26.9. The van der Waals surface area contributed by atoms with Crippen LogP contribution in [0.5, 0.6) is 0 Å². The van der Waals surface area contributed by atoms with Crippen molar-refractivity contribution in [1.29, 1.82) is 0 Å².